The van der Waals surface area contributed by atoms with Gasteiger partial charge in [0.15, 0.2) is 0 Å². The highest BCUT2D eigenvalue weighted by Crippen LogP contribution is 2.14. The third-order valence-electron chi connectivity index (χ3n) is 2.27. The standard InChI is InChI=1S/C10H18N4O2/c1-10(2,15-3)5-7-16-8-4-6-12-9(13-8)14-11/h4,6H,5,7,11H2,1-3H3,(H,12,13,14). The predicted octanol–water partition coefficient (Wildman–Crippen LogP) is 0.956. The summed E-state index contributed by atoms with van der Waals surface area (Å²) in [6, 6.07) is 1.68. The molecule has 0 aromatic carbocycles. The van der Waals surface area contributed by atoms with Crippen molar-refractivity contribution in [1.82, 2.24) is 9.97 Å². The molecule has 1 aromatic heterocycles. The van der Waals surface area contributed by atoms with Crippen LogP contribution in [0.3, 0.4) is 0 Å². The highest BCUT2D eigenvalue weighted by atomic mass is 16.5. The zero-order valence-electron chi connectivity index (χ0n) is 9.86. The Morgan fingerprint density at radius 3 is 2.88 bits per heavy atom. The van der Waals surface area contributed by atoms with E-state index in [0.717, 1.165) is 6.42 Å². The molecule has 1 heterocycles. The lowest BCUT2D eigenvalue weighted by atomic mass is 10.1. The Bertz CT molecular complexity index is 330. The molecule has 6 heteroatoms. The van der Waals surface area contributed by atoms with E-state index < -0.39 is 0 Å². The van der Waals surface area contributed by atoms with Crippen LogP contribution < -0.4 is 16.0 Å². The average molecular weight is 226 g/mol. The van der Waals surface area contributed by atoms with Crippen LogP contribution in [0, 0.1) is 0 Å². The van der Waals surface area contributed by atoms with E-state index in [2.05, 4.69) is 15.4 Å². The van der Waals surface area contributed by atoms with Crippen molar-refractivity contribution in [2.45, 2.75) is 25.9 Å². The Labute approximate surface area is 95.1 Å². The van der Waals surface area contributed by atoms with Gasteiger partial charge in [-0.2, -0.15) is 4.98 Å². The molecule has 0 aliphatic rings. The van der Waals surface area contributed by atoms with Crippen LogP contribution in [0.15, 0.2) is 12.3 Å². The van der Waals surface area contributed by atoms with Gasteiger partial charge < -0.3 is 9.47 Å². The van der Waals surface area contributed by atoms with Crippen LogP contribution in [-0.2, 0) is 4.74 Å². The molecule has 0 radical (unpaired) electrons. The zero-order valence-corrected chi connectivity index (χ0v) is 9.86. The quantitative estimate of drug-likeness (QED) is 0.555. The van der Waals surface area contributed by atoms with Crippen LogP contribution in [0.4, 0.5) is 5.95 Å². The normalized spacial score (nSPS) is 11.2. The molecule has 0 unspecified atom stereocenters. The molecule has 0 bridgehead atoms. The third-order valence-corrected chi connectivity index (χ3v) is 2.27. The van der Waals surface area contributed by atoms with Gasteiger partial charge in [-0.25, -0.2) is 10.8 Å². The third kappa shape index (κ3) is 4.00. The van der Waals surface area contributed by atoms with Crippen molar-refractivity contribution in [2.24, 2.45) is 5.84 Å². The number of nitrogen functional groups attached to an aromatic ring is 1. The summed E-state index contributed by atoms with van der Waals surface area (Å²) in [5.41, 5.74) is 2.17. The number of ether oxygens (including phenoxy) is 2. The molecule has 1 rings (SSSR count). The van der Waals surface area contributed by atoms with E-state index in [1.165, 1.54) is 0 Å². The second-order valence-corrected chi connectivity index (χ2v) is 3.93. The topological polar surface area (TPSA) is 82.3 Å². The molecule has 3 N–H and O–H groups in total. The summed E-state index contributed by atoms with van der Waals surface area (Å²) in [5.74, 6) is 6.02. The first kappa shape index (κ1) is 12.7. The maximum Gasteiger partial charge on any atom is 0.240 e. The van der Waals surface area contributed by atoms with Crippen molar-refractivity contribution in [3.8, 4) is 5.88 Å². The fourth-order valence-corrected chi connectivity index (χ4v) is 0.996. The van der Waals surface area contributed by atoms with Crippen molar-refractivity contribution in [1.29, 1.82) is 0 Å². The van der Waals surface area contributed by atoms with Gasteiger partial charge in [-0.3, -0.25) is 5.43 Å². The predicted molar refractivity (Wildman–Crippen MR) is 61.0 cm³/mol. The SMILES string of the molecule is COC(C)(C)CCOc1ccnc(NN)n1. The minimum atomic E-state index is -0.192. The summed E-state index contributed by atoms with van der Waals surface area (Å²) in [4.78, 5) is 7.91. The fraction of sp³-hybridized carbons (Fsp3) is 0.600. The monoisotopic (exact) mass is 226 g/mol. The average Bonchev–Trinajstić information content (AvgIpc) is 2.29. The van der Waals surface area contributed by atoms with E-state index in [0.29, 0.717) is 18.4 Å². The lowest BCUT2D eigenvalue weighted by molar-refractivity contribution is 0.00509. The second kappa shape index (κ2) is 5.62. The van der Waals surface area contributed by atoms with Gasteiger partial charge in [0.25, 0.3) is 0 Å². The summed E-state index contributed by atoms with van der Waals surface area (Å²) < 4.78 is 10.7. The maximum absolute atomic E-state index is 5.46. The molecule has 0 saturated heterocycles. The van der Waals surface area contributed by atoms with Crippen LogP contribution in [0.5, 0.6) is 5.88 Å². The Balaban J connectivity index is 2.42. The molecule has 0 amide bonds. The molecular weight excluding hydrogens is 208 g/mol. The molecule has 0 atom stereocenters. The number of nitrogens with two attached hydrogens (primary N) is 1. The molecule has 0 aliphatic carbocycles. The van der Waals surface area contributed by atoms with Gasteiger partial charge in [-0.1, -0.05) is 0 Å². The minimum Gasteiger partial charge on any atom is -0.477 e. The van der Waals surface area contributed by atoms with E-state index in [-0.39, 0.29) is 5.60 Å². The molecule has 0 aliphatic heterocycles. The number of anilines is 1. The van der Waals surface area contributed by atoms with Gasteiger partial charge in [-0.05, 0) is 13.8 Å². The number of methoxy groups -OCH3 is 1. The fourth-order valence-electron chi connectivity index (χ4n) is 0.996. The van der Waals surface area contributed by atoms with E-state index in [4.69, 9.17) is 15.3 Å². The minimum absolute atomic E-state index is 0.192. The number of nitrogens with zero attached hydrogens (tertiary/aromatic N) is 2. The van der Waals surface area contributed by atoms with Crippen LogP contribution in [0.2, 0.25) is 0 Å². The zero-order chi connectivity index (χ0) is 12.0. The summed E-state index contributed by atoms with van der Waals surface area (Å²) in [6.45, 7) is 4.54. The number of hydrogen-bond donors (Lipinski definition) is 2. The Kier molecular flexibility index (Phi) is 4.45. The lowest BCUT2D eigenvalue weighted by Gasteiger charge is -2.22. The molecule has 0 saturated carbocycles. The highest BCUT2D eigenvalue weighted by molar-refractivity contribution is 5.25. The summed E-state index contributed by atoms with van der Waals surface area (Å²) in [5, 5.41) is 0. The molecule has 6 nitrogen and oxygen atoms in total. The Morgan fingerprint density at radius 1 is 1.50 bits per heavy atom. The lowest BCUT2D eigenvalue weighted by Crippen LogP contribution is -2.25. The van der Waals surface area contributed by atoms with Gasteiger partial charge in [0.2, 0.25) is 11.8 Å². The van der Waals surface area contributed by atoms with Gasteiger partial charge >= 0.3 is 0 Å². The molecule has 90 valence electrons. The second-order valence-electron chi connectivity index (χ2n) is 3.93. The first-order valence-electron chi connectivity index (χ1n) is 5.05. The highest BCUT2D eigenvalue weighted by Gasteiger charge is 2.16. The van der Waals surface area contributed by atoms with Crippen molar-refractivity contribution < 1.29 is 9.47 Å². The number of aromatic nitrogens is 2. The largest absolute Gasteiger partial charge is 0.477 e. The number of hydrogen-bond acceptors (Lipinski definition) is 6. The summed E-state index contributed by atoms with van der Waals surface area (Å²) in [6.07, 6.45) is 2.36. The molecule has 0 spiro atoms. The van der Waals surface area contributed by atoms with E-state index in [1.54, 1.807) is 19.4 Å². The van der Waals surface area contributed by atoms with Gasteiger partial charge in [0.05, 0.1) is 12.2 Å². The molecule has 1 aromatic rings. The summed E-state index contributed by atoms with van der Waals surface area (Å²) in [7, 11) is 1.68. The summed E-state index contributed by atoms with van der Waals surface area (Å²) >= 11 is 0. The first-order valence-corrected chi connectivity index (χ1v) is 5.05. The number of rotatable bonds is 6. The number of hydrazine groups is 1. The van der Waals surface area contributed by atoms with Crippen molar-refractivity contribution in [2.75, 3.05) is 19.1 Å². The number of nitrogens with one attached hydrogen (secondary N) is 1. The smallest absolute Gasteiger partial charge is 0.240 e. The van der Waals surface area contributed by atoms with Gasteiger partial charge in [-0.15, -0.1) is 0 Å². The van der Waals surface area contributed by atoms with Crippen molar-refractivity contribution >= 4 is 5.95 Å². The van der Waals surface area contributed by atoms with Crippen LogP contribution in [-0.4, -0.2) is 29.3 Å². The van der Waals surface area contributed by atoms with Crippen LogP contribution in [0.25, 0.3) is 0 Å². The molecule has 0 fully saturated rings. The maximum atomic E-state index is 5.46. The van der Waals surface area contributed by atoms with E-state index in [9.17, 15) is 0 Å². The molecule has 16 heavy (non-hydrogen) atoms. The van der Waals surface area contributed by atoms with Crippen LogP contribution in [0.1, 0.15) is 20.3 Å². The Morgan fingerprint density at radius 2 is 2.25 bits per heavy atom. The van der Waals surface area contributed by atoms with Crippen molar-refractivity contribution in [3.63, 3.8) is 0 Å². The van der Waals surface area contributed by atoms with E-state index in [1.807, 2.05) is 13.8 Å². The Hall–Kier alpha value is -1.40. The van der Waals surface area contributed by atoms with Gasteiger partial charge in [0.1, 0.15) is 0 Å². The van der Waals surface area contributed by atoms with Crippen molar-refractivity contribution in [3.05, 3.63) is 12.3 Å². The van der Waals surface area contributed by atoms with E-state index >= 15 is 0 Å². The molecular formula is C10H18N4O2. The van der Waals surface area contributed by atoms with Gasteiger partial charge in [0, 0.05) is 25.8 Å². The first-order chi connectivity index (χ1) is 7.57. The van der Waals surface area contributed by atoms with Crippen LogP contribution >= 0.6 is 0 Å².